The Bertz CT molecular complexity index is 219. The lowest BCUT2D eigenvalue weighted by atomic mass is 10.2. The van der Waals surface area contributed by atoms with Crippen LogP contribution in [0.1, 0.15) is 20.3 Å². The summed E-state index contributed by atoms with van der Waals surface area (Å²) >= 11 is 0. The standard InChI is InChI=1S/C11H17N/c1-4-10(2)8-6-5-7-9-11(3)12/h4-7,9H,3,8,12H2,1-2H3/b6-5-,9-7-,10-4-. The topological polar surface area (TPSA) is 26.0 Å². The SMILES string of the molecule is C=C(N)/C=C\C=C/C/C(C)=C\C. The van der Waals surface area contributed by atoms with Crippen molar-refractivity contribution in [1.82, 2.24) is 0 Å². The van der Waals surface area contributed by atoms with Gasteiger partial charge in [0.05, 0.1) is 0 Å². The second kappa shape index (κ2) is 6.47. The normalized spacial score (nSPS) is 13.0. The molecular formula is C11H17N. The Balaban J connectivity index is 3.71. The molecule has 0 aliphatic carbocycles. The summed E-state index contributed by atoms with van der Waals surface area (Å²) in [6.07, 6.45) is 10.8. The lowest BCUT2D eigenvalue weighted by molar-refractivity contribution is 1.20. The summed E-state index contributed by atoms with van der Waals surface area (Å²) in [6, 6.07) is 0. The van der Waals surface area contributed by atoms with Gasteiger partial charge in [0.2, 0.25) is 0 Å². The van der Waals surface area contributed by atoms with E-state index in [1.807, 2.05) is 19.1 Å². The molecule has 2 N–H and O–H groups in total. The van der Waals surface area contributed by atoms with Gasteiger partial charge in [0, 0.05) is 5.70 Å². The lowest BCUT2D eigenvalue weighted by Crippen LogP contribution is -1.87. The minimum absolute atomic E-state index is 0.586. The summed E-state index contributed by atoms with van der Waals surface area (Å²) in [5, 5.41) is 0. The molecule has 0 heterocycles. The number of nitrogens with two attached hydrogens (primary N) is 1. The average Bonchev–Trinajstić information content (AvgIpc) is 2.03. The minimum Gasteiger partial charge on any atom is -0.399 e. The van der Waals surface area contributed by atoms with Gasteiger partial charge in [-0.3, -0.25) is 0 Å². The molecule has 0 radical (unpaired) electrons. The van der Waals surface area contributed by atoms with Gasteiger partial charge < -0.3 is 5.73 Å². The third-order valence-electron chi connectivity index (χ3n) is 1.49. The lowest BCUT2D eigenvalue weighted by Gasteiger charge is -1.89. The van der Waals surface area contributed by atoms with Gasteiger partial charge in [0.1, 0.15) is 0 Å². The first-order valence-corrected chi connectivity index (χ1v) is 4.06. The molecule has 0 aliphatic rings. The highest BCUT2D eigenvalue weighted by atomic mass is 14.5. The van der Waals surface area contributed by atoms with E-state index in [-0.39, 0.29) is 0 Å². The number of hydrogen-bond donors (Lipinski definition) is 1. The molecule has 1 nitrogen and oxygen atoms in total. The van der Waals surface area contributed by atoms with Crippen molar-refractivity contribution < 1.29 is 0 Å². The van der Waals surface area contributed by atoms with Crippen molar-refractivity contribution in [2.45, 2.75) is 20.3 Å². The van der Waals surface area contributed by atoms with Crippen molar-refractivity contribution in [3.05, 3.63) is 48.2 Å². The molecule has 0 aromatic carbocycles. The predicted molar refractivity (Wildman–Crippen MR) is 55.7 cm³/mol. The highest BCUT2D eigenvalue weighted by Gasteiger charge is 1.79. The van der Waals surface area contributed by atoms with E-state index in [1.54, 1.807) is 6.08 Å². The van der Waals surface area contributed by atoms with Crippen LogP contribution in [0.15, 0.2) is 48.2 Å². The van der Waals surface area contributed by atoms with Crippen LogP contribution in [-0.2, 0) is 0 Å². The van der Waals surface area contributed by atoms with Gasteiger partial charge >= 0.3 is 0 Å². The Labute approximate surface area is 75.0 Å². The minimum atomic E-state index is 0.586. The Hall–Kier alpha value is -1.24. The number of rotatable bonds is 4. The zero-order valence-corrected chi connectivity index (χ0v) is 7.88. The van der Waals surface area contributed by atoms with Gasteiger partial charge in [-0.1, -0.05) is 36.5 Å². The zero-order chi connectivity index (χ0) is 9.40. The Morgan fingerprint density at radius 1 is 1.42 bits per heavy atom. The molecule has 0 bridgehead atoms. The largest absolute Gasteiger partial charge is 0.399 e. The molecule has 0 amide bonds. The Morgan fingerprint density at radius 2 is 2.08 bits per heavy atom. The van der Waals surface area contributed by atoms with Crippen LogP contribution >= 0.6 is 0 Å². The van der Waals surface area contributed by atoms with Crippen LogP contribution in [0.5, 0.6) is 0 Å². The van der Waals surface area contributed by atoms with Crippen LogP contribution in [-0.4, -0.2) is 0 Å². The van der Waals surface area contributed by atoms with Crippen LogP contribution < -0.4 is 5.73 Å². The van der Waals surface area contributed by atoms with E-state index in [0.29, 0.717) is 5.70 Å². The molecule has 0 spiro atoms. The average molecular weight is 163 g/mol. The van der Waals surface area contributed by atoms with Crippen molar-refractivity contribution in [1.29, 1.82) is 0 Å². The van der Waals surface area contributed by atoms with Gasteiger partial charge in [0.15, 0.2) is 0 Å². The first-order chi connectivity index (χ1) is 5.66. The first kappa shape index (κ1) is 10.8. The second-order valence-electron chi connectivity index (χ2n) is 2.70. The van der Waals surface area contributed by atoms with Crippen LogP contribution in [0.3, 0.4) is 0 Å². The molecule has 66 valence electrons. The highest BCUT2D eigenvalue weighted by molar-refractivity contribution is 5.17. The summed E-state index contributed by atoms with van der Waals surface area (Å²) in [6.45, 7) is 7.70. The first-order valence-electron chi connectivity index (χ1n) is 4.06. The molecule has 0 saturated heterocycles. The van der Waals surface area contributed by atoms with E-state index in [0.717, 1.165) is 6.42 Å². The second-order valence-corrected chi connectivity index (χ2v) is 2.70. The maximum Gasteiger partial charge on any atom is 0.0240 e. The van der Waals surface area contributed by atoms with Crippen LogP contribution in [0, 0.1) is 0 Å². The summed E-state index contributed by atoms with van der Waals surface area (Å²) < 4.78 is 0. The summed E-state index contributed by atoms with van der Waals surface area (Å²) in [4.78, 5) is 0. The maximum atomic E-state index is 5.33. The monoisotopic (exact) mass is 163 g/mol. The van der Waals surface area contributed by atoms with E-state index < -0.39 is 0 Å². The summed E-state index contributed by atoms with van der Waals surface area (Å²) in [7, 11) is 0. The van der Waals surface area contributed by atoms with E-state index >= 15 is 0 Å². The van der Waals surface area contributed by atoms with Crippen molar-refractivity contribution in [2.75, 3.05) is 0 Å². The van der Waals surface area contributed by atoms with E-state index in [2.05, 4.69) is 25.7 Å². The van der Waals surface area contributed by atoms with E-state index in [4.69, 9.17) is 5.73 Å². The molecule has 0 aliphatic heterocycles. The zero-order valence-electron chi connectivity index (χ0n) is 7.88. The van der Waals surface area contributed by atoms with Gasteiger partial charge in [-0.2, -0.15) is 0 Å². The van der Waals surface area contributed by atoms with Crippen molar-refractivity contribution in [3.8, 4) is 0 Å². The van der Waals surface area contributed by atoms with Gasteiger partial charge in [0.25, 0.3) is 0 Å². The van der Waals surface area contributed by atoms with Crippen molar-refractivity contribution >= 4 is 0 Å². The summed E-state index contributed by atoms with van der Waals surface area (Å²) in [5.74, 6) is 0. The highest BCUT2D eigenvalue weighted by Crippen LogP contribution is 1.99. The molecule has 0 saturated carbocycles. The van der Waals surface area contributed by atoms with Crippen LogP contribution in [0.2, 0.25) is 0 Å². The molecule has 1 heteroatoms. The van der Waals surface area contributed by atoms with Crippen molar-refractivity contribution in [2.24, 2.45) is 5.73 Å². The van der Waals surface area contributed by atoms with Gasteiger partial charge in [-0.05, 0) is 26.3 Å². The molecule has 0 aromatic heterocycles. The van der Waals surface area contributed by atoms with Crippen molar-refractivity contribution in [3.63, 3.8) is 0 Å². The van der Waals surface area contributed by atoms with E-state index in [9.17, 15) is 0 Å². The number of allylic oxidation sites excluding steroid dienone is 6. The third kappa shape index (κ3) is 6.87. The smallest absolute Gasteiger partial charge is 0.0240 e. The van der Waals surface area contributed by atoms with Crippen LogP contribution in [0.4, 0.5) is 0 Å². The number of hydrogen-bond acceptors (Lipinski definition) is 1. The molecule has 12 heavy (non-hydrogen) atoms. The summed E-state index contributed by atoms with van der Waals surface area (Å²) in [5.41, 5.74) is 7.29. The molecule has 0 fully saturated rings. The molecule has 0 atom stereocenters. The quantitative estimate of drug-likeness (QED) is 0.500. The molecule has 0 rings (SSSR count). The molecular weight excluding hydrogens is 146 g/mol. The Kier molecular flexibility index (Phi) is 5.80. The molecule has 0 aromatic rings. The molecule has 0 unspecified atom stereocenters. The van der Waals surface area contributed by atoms with E-state index in [1.165, 1.54) is 5.57 Å². The predicted octanol–water partition coefficient (Wildman–Crippen LogP) is 2.93. The van der Waals surface area contributed by atoms with Crippen LogP contribution in [0.25, 0.3) is 0 Å². The van der Waals surface area contributed by atoms with Gasteiger partial charge in [-0.25, -0.2) is 0 Å². The fraction of sp³-hybridized carbons (Fsp3) is 0.273. The third-order valence-corrected chi connectivity index (χ3v) is 1.49. The van der Waals surface area contributed by atoms with Gasteiger partial charge in [-0.15, -0.1) is 0 Å². The fourth-order valence-corrected chi connectivity index (χ4v) is 0.630. The maximum absolute atomic E-state index is 5.33. The fourth-order valence-electron chi connectivity index (χ4n) is 0.630. The Morgan fingerprint density at radius 3 is 2.58 bits per heavy atom.